The van der Waals surface area contributed by atoms with Gasteiger partial charge < -0.3 is 9.53 Å². The second kappa shape index (κ2) is 4.16. The van der Waals surface area contributed by atoms with E-state index >= 15 is 0 Å². The Morgan fingerprint density at radius 2 is 1.93 bits per heavy atom. The molecule has 90 valence electrons. The summed E-state index contributed by atoms with van der Waals surface area (Å²) in [5, 5.41) is 9.81. The van der Waals surface area contributed by atoms with Gasteiger partial charge in [-0.3, -0.25) is 4.90 Å². The molecule has 1 saturated heterocycles. The zero-order valence-corrected chi connectivity index (χ0v) is 12.0. The van der Waals surface area contributed by atoms with E-state index in [9.17, 15) is 5.11 Å². The summed E-state index contributed by atoms with van der Waals surface area (Å²) in [6.45, 7) is 11.7. The third-order valence-electron chi connectivity index (χ3n) is 3.22. The van der Waals surface area contributed by atoms with Gasteiger partial charge in [-0.05, 0) is 20.1 Å². The number of β-amino-alcohol motifs (C(OH)–C–C–N with tert-alkyl or cyclic N) is 1. The van der Waals surface area contributed by atoms with Crippen LogP contribution in [0.15, 0.2) is 0 Å². The maximum absolute atomic E-state index is 9.81. The Morgan fingerprint density at radius 1 is 1.40 bits per heavy atom. The van der Waals surface area contributed by atoms with Gasteiger partial charge in [-0.25, -0.2) is 0 Å². The third kappa shape index (κ3) is 2.44. The number of aliphatic hydroxyl groups excluding tert-OH is 1. The average Bonchev–Trinajstić information content (AvgIpc) is 2.24. The van der Waals surface area contributed by atoms with Crippen molar-refractivity contribution in [3.05, 3.63) is 0 Å². The number of rotatable bonds is 2. The Morgan fingerprint density at radius 3 is 2.20 bits per heavy atom. The van der Waals surface area contributed by atoms with Crippen LogP contribution in [0.3, 0.4) is 0 Å². The Bertz CT molecular complexity index is 227. The van der Waals surface area contributed by atoms with Crippen LogP contribution in [0.25, 0.3) is 0 Å². The minimum absolute atomic E-state index is 0.0382. The quantitative estimate of drug-likeness (QED) is 0.730. The van der Waals surface area contributed by atoms with Gasteiger partial charge in [0.2, 0.25) is 0 Å². The Hall–Kier alpha value is 0.0969. The maximum atomic E-state index is 9.81. The number of nitrogens with zero attached hydrogens (tertiary/aromatic N) is 1. The summed E-state index contributed by atoms with van der Waals surface area (Å²) in [4.78, 5) is 2.19. The van der Waals surface area contributed by atoms with Crippen molar-refractivity contribution in [3.8, 4) is 0 Å². The van der Waals surface area contributed by atoms with Crippen molar-refractivity contribution in [2.75, 3.05) is 13.6 Å². The van der Waals surface area contributed by atoms with Crippen LogP contribution in [0.4, 0.5) is 0 Å². The van der Waals surface area contributed by atoms with Gasteiger partial charge in [0, 0.05) is 18.4 Å². The predicted molar refractivity (Wildman–Crippen MR) is 65.4 cm³/mol. The monoisotopic (exact) mass is 231 g/mol. The Balaban J connectivity index is 2.97. The second-order valence-corrected chi connectivity index (χ2v) is 8.27. The van der Waals surface area contributed by atoms with Crippen molar-refractivity contribution in [2.45, 2.75) is 52.1 Å². The van der Waals surface area contributed by atoms with E-state index < -0.39 is 9.04 Å². The lowest BCUT2D eigenvalue weighted by Gasteiger charge is -2.47. The lowest BCUT2D eigenvalue weighted by Crippen LogP contribution is -2.55. The highest BCUT2D eigenvalue weighted by atomic mass is 28.3. The van der Waals surface area contributed by atoms with Crippen LogP contribution in [0, 0.1) is 5.41 Å². The van der Waals surface area contributed by atoms with E-state index in [1.54, 1.807) is 0 Å². The van der Waals surface area contributed by atoms with E-state index in [0.717, 1.165) is 13.0 Å². The van der Waals surface area contributed by atoms with Gasteiger partial charge in [-0.2, -0.15) is 0 Å². The molecular formula is C11H25NO2Si. The van der Waals surface area contributed by atoms with E-state index in [-0.39, 0.29) is 17.2 Å². The molecule has 0 bridgehead atoms. The van der Waals surface area contributed by atoms with Gasteiger partial charge in [0.05, 0.1) is 6.10 Å². The summed E-state index contributed by atoms with van der Waals surface area (Å²) in [5.74, 6) is 0. The van der Waals surface area contributed by atoms with Crippen LogP contribution in [0.2, 0.25) is 13.1 Å². The first-order valence-electron chi connectivity index (χ1n) is 5.76. The molecule has 0 unspecified atom stereocenters. The summed E-state index contributed by atoms with van der Waals surface area (Å²) in [5.41, 5.74) is -0.233. The topological polar surface area (TPSA) is 32.7 Å². The summed E-state index contributed by atoms with van der Waals surface area (Å²) in [6.07, 6.45) is 0.486. The fraction of sp³-hybridized carbons (Fsp3) is 1.00. The normalized spacial score (nSPS) is 34.0. The third-order valence-corrected chi connectivity index (χ3v) is 4.08. The van der Waals surface area contributed by atoms with Crippen molar-refractivity contribution < 1.29 is 9.53 Å². The van der Waals surface area contributed by atoms with Crippen LogP contribution in [0.5, 0.6) is 0 Å². The highest BCUT2D eigenvalue weighted by molar-refractivity contribution is 6.48. The second-order valence-electron chi connectivity index (χ2n) is 5.94. The smallest absolute Gasteiger partial charge is 0.173 e. The lowest BCUT2D eigenvalue weighted by molar-refractivity contribution is -0.128. The number of likely N-dealkylation sites (tertiary alicyclic amines) is 1. The summed E-state index contributed by atoms with van der Waals surface area (Å²) in [7, 11) is 0.945. The van der Waals surface area contributed by atoms with Crippen LogP contribution < -0.4 is 0 Å². The molecule has 0 aromatic carbocycles. The van der Waals surface area contributed by atoms with Crippen LogP contribution in [-0.2, 0) is 4.43 Å². The molecule has 15 heavy (non-hydrogen) atoms. The standard InChI is InChI=1S/C11H25NO2Si/c1-10(2,3)11(14-15(5)6)7-9(13)8-12(11)4/h9,13,15H,7-8H2,1-6H3/t9-,11+/m1/s1. The SMILES string of the molecule is CN1C[C@H](O)C[C@]1(O[SiH](C)C)C(C)(C)C. The minimum atomic E-state index is -1.11. The molecule has 1 rings (SSSR count). The zero-order valence-electron chi connectivity index (χ0n) is 10.9. The molecule has 1 N–H and O–H groups in total. The maximum Gasteiger partial charge on any atom is 0.173 e. The Labute approximate surface area is 95.2 Å². The lowest BCUT2D eigenvalue weighted by atomic mass is 9.81. The first-order valence-corrected chi connectivity index (χ1v) is 8.54. The highest BCUT2D eigenvalue weighted by Crippen LogP contribution is 2.44. The van der Waals surface area contributed by atoms with E-state index in [4.69, 9.17) is 4.43 Å². The number of hydrogen-bond acceptors (Lipinski definition) is 3. The van der Waals surface area contributed by atoms with Gasteiger partial charge in [0.25, 0.3) is 0 Å². The van der Waals surface area contributed by atoms with Crippen molar-refractivity contribution in [2.24, 2.45) is 5.41 Å². The number of hydrogen-bond donors (Lipinski definition) is 1. The molecule has 0 aromatic heterocycles. The molecule has 0 aromatic rings. The largest absolute Gasteiger partial charge is 0.402 e. The first-order chi connectivity index (χ1) is 6.69. The summed E-state index contributed by atoms with van der Waals surface area (Å²) < 4.78 is 6.25. The number of aliphatic hydroxyl groups is 1. The van der Waals surface area contributed by atoms with Crippen molar-refractivity contribution >= 4 is 9.04 Å². The molecule has 0 saturated carbocycles. The molecule has 0 amide bonds. The van der Waals surface area contributed by atoms with Crippen LogP contribution >= 0.6 is 0 Å². The van der Waals surface area contributed by atoms with Crippen LogP contribution in [0.1, 0.15) is 27.2 Å². The van der Waals surface area contributed by atoms with Gasteiger partial charge >= 0.3 is 0 Å². The number of likely N-dealkylation sites (N-methyl/N-ethyl adjacent to an activating group) is 1. The van der Waals surface area contributed by atoms with Gasteiger partial charge in [0.1, 0.15) is 5.72 Å². The first kappa shape index (κ1) is 13.2. The molecule has 1 aliphatic rings. The zero-order chi connectivity index (χ0) is 11.9. The fourth-order valence-corrected chi connectivity index (χ4v) is 4.00. The highest BCUT2D eigenvalue weighted by Gasteiger charge is 2.52. The van der Waals surface area contributed by atoms with Crippen LogP contribution in [-0.4, -0.2) is 44.5 Å². The molecule has 3 nitrogen and oxygen atoms in total. The van der Waals surface area contributed by atoms with E-state index in [2.05, 4.69) is 45.8 Å². The minimum Gasteiger partial charge on any atom is -0.402 e. The van der Waals surface area contributed by atoms with Gasteiger partial charge in [0.15, 0.2) is 9.04 Å². The molecule has 0 aliphatic carbocycles. The average molecular weight is 231 g/mol. The van der Waals surface area contributed by atoms with Crippen molar-refractivity contribution in [3.63, 3.8) is 0 Å². The predicted octanol–water partition coefficient (Wildman–Crippen LogP) is 1.43. The molecule has 0 radical (unpaired) electrons. The summed E-state index contributed by atoms with van der Waals surface area (Å²) in [6, 6.07) is 0. The molecule has 1 aliphatic heterocycles. The molecule has 4 heteroatoms. The molecule has 2 atom stereocenters. The molecule has 1 fully saturated rings. The Kier molecular flexibility index (Phi) is 3.65. The fourth-order valence-electron chi connectivity index (χ4n) is 2.59. The van der Waals surface area contributed by atoms with E-state index in [0.29, 0.717) is 0 Å². The van der Waals surface area contributed by atoms with E-state index in [1.807, 2.05) is 0 Å². The molecular weight excluding hydrogens is 206 g/mol. The van der Waals surface area contributed by atoms with Crippen molar-refractivity contribution in [1.82, 2.24) is 4.90 Å². The molecule has 0 spiro atoms. The summed E-state index contributed by atoms with van der Waals surface area (Å²) >= 11 is 0. The van der Waals surface area contributed by atoms with Gasteiger partial charge in [-0.1, -0.05) is 20.8 Å². The van der Waals surface area contributed by atoms with Gasteiger partial charge in [-0.15, -0.1) is 0 Å². The molecule has 1 heterocycles. The van der Waals surface area contributed by atoms with E-state index in [1.165, 1.54) is 0 Å². The van der Waals surface area contributed by atoms with Crippen molar-refractivity contribution in [1.29, 1.82) is 0 Å².